The standard InChI is InChI=1S/C22H20N2O3/c1-16-5-10-21(17(2)12-16)26-11-3-4-22(25)27-20-8-6-18(7-9-20)13-19(14-23)15-24/h5-10,12-13H,3-4,11H2,1-2H3. The molecule has 0 aromatic heterocycles. The molecule has 2 aromatic carbocycles. The summed E-state index contributed by atoms with van der Waals surface area (Å²) in [6.45, 7) is 4.46. The number of nitrogens with zero attached hydrogens (tertiary/aromatic N) is 2. The molecule has 5 nitrogen and oxygen atoms in total. The Morgan fingerprint density at radius 2 is 1.78 bits per heavy atom. The minimum atomic E-state index is -0.336. The minimum absolute atomic E-state index is 0.0172. The van der Waals surface area contributed by atoms with Crippen molar-refractivity contribution >= 4 is 12.0 Å². The third kappa shape index (κ3) is 6.34. The van der Waals surface area contributed by atoms with E-state index in [-0.39, 0.29) is 18.0 Å². The van der Waals surface area contributed by atoms with E-state index in [2.05, 4.69) is 6.07 Å². The molecule has 0 heterocycles. The van der Waals surface area contributed by atoms with Gasteiger partial charge in [-0.1, -0.05) is 29.8 Å². The van der Waals surface area contributed by atoms with Gasteiger partial charge < -0.3 is 9.47 Å². The molecular formula is C22H20N2O3. The van der Waals surface area contributed by atoms with Crippen LogP contribution in [0, 0.1) is 36.5 Å². The van der Waals surface area contributed by atoms with Gasteiger partial charge in [-0.3, -0.25) is 4.79 Å². The maximum Gasteiger partial charge on any atom is 0.311 e. The number of esters is 1. The molecule has 0 unspecified atom stereocenters. The van der Waals surface area contributed by atoms with Crippen LogP contribution in [0.4, 0.5) is 0 Å². The number of carbonyl (C=O) groups is 1. The number of ether oxygens (including phenoxy) is 2. The Balaban J connectivity index is 1.78. The van der Waals surface area contributed by atoms with E-state index in [1.54, 1.807) is 36.4 Å². The third-order valence-corrected chi connectivity index (χ3v) is 3.78. The van der Waals surface area contributed by atoms with Gasteiger partial charge in [0.1, 0.15) is 29.2 Å². The highest BCUT2D eigenvalue weighted by atomic mass is 16.5. The zero-order valence-corrected chi connectivity index (χ0v) is 15.4. The molecule has 0 saturated carbocycles. The van der Waals surface area contributed by atoms with Gasteiger partial charge in [0.25, 0.3) is 0 Å². The number of hydrogen-bond acceptors (Lipinski definition) is 5. The molecule has 0 bridgehead atoms. The molecule has 0 aliphatic carbocycles. The number of benzene rings is 2. The summed E-state index contributed by atoms with van der Waals surface area (Å²) in [6, 6.07) is 16.2. The normalized spacial score (nSPS) is 9.63. The molecule has 0 amide bonds. The molecule has 0 saturated heterocycles. The summed E-state index contributed by atoms with van der Waals surface area (Å²) in [5, 5.41) is 17.5. The van der Waals surface area contributed by atoms with Crippen molar-refractivity contribution in [3.63, 3.8) is 0 Å². The zero-order chi connectivity index (χ0) is 19.6. The largest absolute Gasteiger partial charge is 0.493 e. The van der Waals surface area contributed by atoms with E-state index in [0.717, 1.165) is 11.3 Å². The van der Waals surface area contributed by atoms with Crippen LogP contribution in [-0.4, -0.2) is 12.6 Å². The Morgan fingerprint density at radius 3 is 2.41 bits per heavy atom. The van der Waals surface area contributed by atoms with Crippen LogP contribution >= 0.6 is 0 Å². The molecule has 136 valence electrons. The number of carbonyl (C=O) groups excluding carboxylic acids is 1. The highest BCUT2D eigenvalue weighted by molar-refractivity contribution is 5.72. The van der Waals surface area contributed by atoms with Gasteiger partial charge in [-0.25, -0.2) is 0 Å². The molecule has 0 aliphatic heterocycles. The van der Waals surface area contributed by atoms with Crippen molar-refractivity contribution in [3.05, 3.63) is 64.7 Å². The quantitative estimate of drug-likeness (QED) is 0.314. The molecular weight excluding hydrogens is 340 g/mol. The van der Waals surface area contributed by atoms with Gasteiger partial charge in [-0.05, 0) is 55.7 Å². The number of allylic oxidation sites excluding steroid dienone is 1. The lowest BCUT2D eigenvalue weighted by atomic mass is 10.1. The number of nitriles is 2. The van der Waals surface area contributed by atoms with Gasteiger partial charge >= 0.3 is 5.97 Å². The summed E-state index contributed by atoms with van der Waals surface area (Å²) in [4.78, 5) is 11.9. The van der Waals surface area contributed by atoms with Crippen molar-refractivity contribution in [1.82, 2.24) is 0 Å². The van der Waals surface area contributed by atoms with E-state index in [4.69, 9.17) is 20.0 Å². The van der Waals surface area contributed by atoms with Crippen molar-refractivity contribution in [3.8, 4) is 23.6 Å². The van der Waals surface area contributed by atoms with Crippen LogP contribution in [0.1, 0.15) is 29.5 Å². The molecule has 5 heteroatoms. The Kier molecular flexibility index (Phi) is 7.16. The Bertz CT molecular complexity index is 900. The maximum absolute atomic E-state index is 11.9. The molecule has 0 radical (unpaired) electrons. The first kappa shape index (κ1) is 19.8. The number of rotatable bonds is 7. The van der Waals surface area contributed by atoms with Gasteiger partial charge in [0, 0.05) is 6.42 Å². The molecule has 2 aromatic rings. The molecule has 0 atom stereocenters. The summed E-state index contributed by atoms with van der Waals surface area (Å²) < 4.78 is 11.0. The van der Waals surface area contributed by atoms with Crippen molar-refractivity contribution in [2.75, 3.05) is 6.61 Å². The maximum atomic E-state index is 11.9. The lowest BCUT2D eigenvalue weighted by Gasteiger charge is -2.09. The summed E-state index contributed by atoms with van der Waals surface area (Å²) in [5.41, 5.74) is 2.96. The first-order valence-electron chi connectivity index (χ1n) is 8.54. The molecule has 0 fully saturated rings. The summed E-state index contributed by atoms with van der Waals surface area (Å²) >= 11 is 0. The van der Waals surface area contributed by atoms with E-state index in [0.29, 0.717) is 24.3 Å². The van der Waals surface area contributed by atoms with Crippen LogP contribution in [0.3, 0.4) is 0 Å². The van der Waals surface area contributed by atoms with Crippen LogP contribution < -0.4 is 9.47 Å². The SMILES string of the molecule is Cc1ccc(OCCCC(=O)Oc2ccc(C=C(C#N)C#N)cc2)c(C)c1. The lowest BCUT2D eigenvalue weighted by molar-refractivity contribution is -0.134. The monoisotopic (exact) mass is 360 g/mol. The van der Waals surface area contributed by atoms with E-state index in [1.807, 2.05) is 26.0 Å². The average molecular weight is 360 g/mol. The Morgan fingerprint density at radius 1 is 1.07 bits per heavy atom. The van der Waals surface area contributed by atoms with Gasteiger partial charge in [-0.15, -0.1) is 0 Å². The summed E-state index contributed by atoms with van der Waals surface area (Å²) in [7, 11) is 0. The van der Waals surface area contributed by atoms with Crippen LogP contribution in [0.2, 0.25) is 0 Å². The first-order chi connectivity index (χ1) is 13.0. The fourth-order valence-corrected chi connectivity index (χ4v) is 2.43. The number of aryl methyl sites for hydroxylation is 2. The predicted octanol–water partition coefficient (Wildman–Crippen LogP) is 4.50. The average Bonchev–Trinajstić information content (AvgIpc) is 2.66. The van der Waals surface area contributed by atoms with Crippen LogP contribution in [0.5, 0.6) is 11.5 Å². The summed E-state index contributed by atoms with van der Waals surface area (Å²) in [6.07, 6.45) is 2.27. The first-order valence-corrected chi connectivity index (χ1v) is 8.54. The van der Waals surface area contributed by atoms with E-state index >= 15 is 0 Å². The topological polar surface area (TPSA) is 83.1 Å². The van der Waals surface area contributed by atoms with E-state index in [9.17, 15) is 4.79 Å². The van der Waals surface area contributed by atoms with E-state index in [1.165, 1.54) is 11.6 Å². The van der Waals surface area contributed by atoms with Gasteiger partial charge in [-0.2, -0.15) is 10.5 Å². The Labute approximate surface area is 159 Å². The fraction of sp³-hybridized carbons (Fsp3) is 0.227. The Hall–Kier alpha value is -3.57. The fourth-order valence-electron chi connectivity index (χ4n) is 2.43. The van der Waals surface area contributed by atoms with Gasteiger partial charge in [0.05, 0.1) is 6.61 Å². The molecule has 0 spiro atoms. The van der Waals surface area contributed by atoms with Crippen LogP contribution in [0.15, 0.2) is 48.0 Å². The number of hydrogen-bond donors (Lipinski definition) is 0. The van der Waals surface area contributed by atoms with Crippen molar-refractivity contribution in [1.29, 1.82) is 10.5 Å². The highest BCUT2D eigenvalue weighted by Gasteiger charge is 2.06. The summed E-state index contributed by atoms with van der Waals surface area (Å²) in [5.74, 6) is 0.909. The molecule has 2 rings (SSSR count). The van der Waals surface area contributed by atoms with Crippen molar-refractivity contribution in [2.24, 2.45) is 0 Å². The minimum Gasteiger partial charge on any atom is -0.493 e. The second kappa shape index (κ2) is 9.79. The van der Waals surface area contributed by atoms with Crippen LogP contribution in [0.25, 0.3) is 6.08 Å². The van der Waals surface area contributed by atoms with Crippen LogP contribution in [-0.2, 0) is 4.79 Å². The lowest BCUT2D eigenvalue weighted by Crippen LogP contribution is -2.10. The second-order valence-electron chi connectivity index (χ2n) is 6.05. The zero-order valence-electron chi connectivity index (χ0n) is 15.4. The van der Waals surface area contributed by atoms with E-state index < -0.39 is 0 Å². The van der Waals surface area contributed by atoms with Gasteiger partial charge in [0.15, 0.2) is 0 Å². The molecule has 27 heavy (non-hydrogen) atoms. The molecule has 0 N–H and O–H groups in total. The third-order valence-electron chi connectivity index (χ3n) is 3.78. The van der Waals surface area contributed by atoms with Gasteiger partial charge in [0.2, 0.25) is 0 Å². The van der Waals surface area contributed by atoms with Crippen molar-refractivity contribution < 1.29 is 14.3 Å². The van der Waals surface area contributed by atoms with Crippen molar-refractivity contribution in [2.45, 2.75) is 26.7 Å². The predicted molar refractivity (Wildman–Crippen MR) is 102 cm³/mol. The highest BCUT2D eigenvalue weighted by Crippen LogP contribution is 2.19. The smallest absolute Gasteiger partial charge is 0.311 e. The molecule has 0 aliphatic rings. The second-order valence-corrected chi connectivity index (χ2v) is 6.05.